The van der Waals surface area contributed by atoms with Crippen LogP contribution in [0.2, 0.25) is 0 Å². The molecule has 90 valence electrons. The lowest BCUT2D eigenvalue weighted by atomic mass is 9.87. The average Bonchev–Trinajstić information content (AvgIpc) is 2.12. The van der Waals surface area contributed by atoms with Crippen molar-refractivity contribution in [2.75, 3.05) is 17.7 Å². The van der Waals surface area contributed by atoms with Gasteiger partial charge in [-0.05, 0) is 43.0 Å². The first-order chi connectivity index (χ1) is 7.21. The molecule has 1 atom stereocenters. The SMILES string of the molecule is Cc1cc(N)cc(N(C)C(C)C(C)(C)C)c1. The Bertz CT molecular complexity index is 343. The Hall–Kier alpha value is -1.18. The Balaban J connectivity index is 3.00. The third-order valence-corrected chi connectivity index (χ3v) is 3.33. The van der Waals surface area contributed by atoms with Crippen molar-refractivity contribution in [3.05, 3.63) is 23.8 Å². The van der Waals surface area contributed by atoms with E-state index in [0.29, 0.717) is 6.04 Å². The smallest absolute Gasteiger partial charge is 0.0389 e. The highest BCUT2D eigenvalue weighted by molar-refractivity contribution is 5.58. The Morgan fingerprint density at radius 2 is 1.75 bits per heavy atom. The average molecular weight is 220 g/mol. The molecule has 0 radical (unpaired) electrons. The molecule has 0 aliphatic heterocycles. The summed E-state index contributed by atoms with van der Waals surface area (Å²) in [5.74, 6) is 0. The van der Waals surface area contributed by atoms with Crippen molar-refractivity contribution >= 4 is 11.4 Å². The highest BCUT2D eigenvalue weighted by Gasteiger charge is 2.24. The lowest BCUT2D eigenvalue weighted by Gasteiger charge is -2.37. The van der Waals surface area contributed by atoms with Crippen LogP contribution in [-0.2, 0) is 0 Å². The van der Waals surface area contributed by atoms with E-state index in [1.165, 1.54) is 11.3 Å². The summed E-state index contributed by atoms with van der Waals surface area (Å²) >= 11 is 0. The van der Waals surface area contributed by atoms with Crippen LogP contribution in [0.4, 0.5) is 11.4 Å². The van der Waals surface area contributed by atoms with Gasteiger partial charge < -0.3 is 10.6 Å². The monoisotopic (exact) mass is 220 g/mol. The van der Waals surface area contributed by atoms with Crippen LogP contribution >= 0.6 is 0 Å². The number of rotatable bonds is 2. The van der Waals surface area contributed by atoms with E-state index < -0.39 is 0 Å². The molecule has 0 spiro atoms. The Labute approximate surface area is 99.5 Å². The standard InChI is InChI=1S/C14H24N2/c1-10-7-12(15)9-13(8-10)16(6)11(2)14(3,4)5/h7-9,11H,15H2,1-6H3. The van der Waals surface area contributed by atoms with E-state index in [9.17, 15) is 0 Å². The fourth-order valence-corrected chi connectivity index (χ4v) is 1.80. The molecule has 0 saturated heterocycles. The van der Waals surface area contributed by atoms with E-state index in [1.807, 2.05) is 12.1 Å². The maximum Gasteiger partial charge on any atom is 0.0389 e. The molecule has 1 aromatic carbocycles. The molecule has 2 heteroatoms. The summed E-state index contributed by atoms with van der Waals surface area (Å²) in [5.41, 5.74) is 9.38. The molecule has 2 nitrogen and oxygen atoms in total. The molecular formula is C14H24N2. The first-order valence-electron chi connectivity index (χ1n) is 5.82. The number of hydrogen-bond donors (Lipinski definition) is 1. The first-order valence-corrected chi connectivity index (χ1v) is 5.82. The van der Waals surface area contributed by atoms with Crippen LogP contribution in [0.5, 0.6) is 0 Å². The molecule has 0 bridgehead atoms. The fraction of sp³-hybridized carbons (Fsp3) is 0.571. The fourth-order valence-electron chi connectivity index (χ4n) is 1.80. The van der Waals surface area contributed by atoms with Crippen molar-refractivity contribution in [1.29, 1.82) is 0 Å². The number of benzene rings is 1. The second-order valence-electron chi connectivity index (χ2n) is 5.75. The van der Waals surface area contributed by atoms with Gasteiger partial charge in [-0.25, -0.2) is 0 Å². The van der Waals surface area contributed by atoms with E-state index in [0.717, 1.165) is 5.69 Å². The highest BCUT2D eigenvalue weighted by Crippen LogP contribution is 2.28. The van der Waals surface area contributed by atoms with Crippen LogP contribution in [-0.4, -0.2) is 13.1 Å². The van der Waals surface area contributed by atoms with Crippen molar-refractivity contribution in [1.82, 2.24) is 0 Å². The van der Waals surface area contributed by atoms with Gasteiger partial charge in [-0.3, -0.25) is 0 Å². The lowest BCUT2D eigenvalue weighted by Crippen LogP contribution is -2.39. The maximum atomic E-state index is 5.88. The number of hydrogen-bond acceptors (Lipinski definition) is 2. The van der Waals surface area contributed by atoms with E-state index in [-0.39, 0.29) is 5.41 Å². The van der Waals surface area contributed by atoms with Crippen molar-refractivity contribution in [2.24, 2.45) is 5.41 Å². The topological polar surface area (TPSA) is 29.3 Å². The number of nitrogens with zero attached hydrogens (tertiary/aromatic N) is 1. The largest absolute Gasteiger partial charge is 0.399 e. The molecule has 0 heterocycles. The van der Waals surface area contributed by atoms with Crippen LogP contribution < -0.4 is 10.6 Å². The van der Waals surface area contributed by atoms with Crippen molar-refractivity contribution < 1.29 is 0 Å². The molecule has 2 N–H and O–H groups in total. The Morgan fingerprint density at radius 1 is 1.19 bits per heavy atom. The second-order valence-corrected chi connectivity index (χ2v) is 5.75. The van der Waals surface area contributed by atoms with E-state index in [4.69, 9.17) is 5.73 Å². The van der Waals surface area contributed by atoms with Crippen LogP contribution in [0.1, 0.15) is 33.3 Å². The Morgan fingerprint density at radius 3 is 2.19 bits per heavy atom. The minimum atomic E-state index is 0.257. The van der Waals surface area contributed by atoms with Crippen LogP contribution in [0.3, 0.4) is 0 Å². The van der Waals surface area contributed by atoms with Crippen LogP contribution in [0.15, 0.2) is 18.2 Å². The third kappa shape index (κ3) is 2.91. The van der Waals surface area contributed by atoms with Gasteiger partial charge in [-0.2, -0.15) is 0 Å². The van der Waals surface area contributed by atoms with E-state index in [1.54, 1.807) is 0 Å². The zero-order valence-corrected chi connectivity index (χ0v) is 11.3. The lowest BCUT2D eigenvalue weighted by molar-refractivity contribution is 0.330. The normalized spacial score (nSPS) is 13.6. The van der Waals surface area contributed by atoms with Gasteiger partial charge in [0.05, 0.1) is 0 Å². The van der Waals surface area contributed by atoms with Gasteiger partial charge in [-0.1, -0.05) is 20.8 Å². The van der Waals surface area contributed by atoms with Gasteiger partial charge in [-0.15, -0.1) is 0 Å². The van der Waals surface area contributed by atoms with Crippen molar-refractivity contribution in [3.8, 4) is 0 Å². The minimum absolute atomic E-state index is 0.257. The summed E-state index contributed by atoms with van der Waals surface area (Å²) < 4.78 is 0. The summed E-state index contributed by atoms with van der Waals surface area (Å²) in [7, 11) is 2.13. The molecule has 0 saturated carbocycles. The molecule has 1 aromatic rings. The van der Waals surface area contributed by atoms with E-state index in [2.05, 4.69) is 52.6 Å². The van der Waals surface area contributed by atoms with Crippen LogP contribution in [0, 0.1) is 12.3 Å². The molecule has 0 aromatic heterocycles. The second kappa shape index (κ2) is 4.36. The van der Waals surface area contributed by atoms with Gasteiger partial charge in [0.1, 0.15) is 0 Å². The van der Waals surface area contributed by atoms with Gasteiger partial charge in [0.15, 0.2) is 0 Å². The summed E-state index contributed by atoms with van der Waals surface area (Å²) in [5, 5.41) is 0. The molecule has 0 fully saturated rings. The molecule has 0 aliphatic rings. The zero-order chi connectivity index (χ0) is 12.5. The number of anilines is 2. The van der Waals surface area contributed by atoms with Gasteiger partial charge in [0.25, 0.3) is 0 Å². The quantitative estimate of drug-likeness (QED) is 0.773. The summed E-state index contributed by atoms with van der Waals surface area (Å²) in [4.78, 5) is 2.30. The molecule has 1 rings (SSSR count). The molecule has 1 unspecified atom stereocenters. The van der Waals surface area contributed by atoms with Gasteiger partial charge in [0.2, 0.25) is 0 Å². The van der Waals surface area contributed by atoms with E-state index >= 15 is 0 Å². The predicted octanol–water partition coefficient (Wildman–Crippen LogP) is 3.45. The number of nitrogen functional groups attached to an aromatic ring is 1. The van der Waals surface area contributed by atoms with Gasteiger partial charge in [0, 0.05) is 24.5 Å². The molecule has 16 heavy (non-hydrogen) atoms. The summed E-state index contributed by atoms with van der Waals surface area (Å²) in [6, 6.07) is 6.68. The Kier molecular flexibility index (Phi) is 3.51. The highest BCUT2D eigenvalue weighted by atomic mass is 15.1. The number of aryl methyl sites for hydroxylation is 1. The van der Waals surface area contributed by atoms with Crippen molar-refractivity contribution in [2.45, 2.75) is 40.7 Å². The van der Waals surface area contributed by atoms with Crippen LogP contribution in [0.25, 0.3) is 0 Å². The predicted molar refractivity (Wildman–Crippen MR) is 72.9 cm³/mol. The minimum Gasteiger partial charge on any atom is -0.399 e. The first kappa shape index (κ1) is 12.9. The summed E-state index contributed by atoms with van der Waals surface area (Å²) in [6.45, 7) is 11.1. The molecular weight excluding hydrogens is 196 g/mol. The third-order valence-electron chi connectivity index (χ3n) is 3.33. The number of nitrogens with two attached hydrogens (primary N) is 1. The molecule has 0 aliphatic carbocycles. The molecule has 0 amide bonds. The van der Waals surface area contributed by atoms with Crippen molar-refractivity contribution in [3.63, 3.8) is 0 Å². The zero-order valence-electron chi connectivity index (χ0n) is 11.3. The maximum absolute atomic E-state index is 5.88. The van der Waals surface area contributed by atoms with Gasteiger partial charge >= 0.3 is 0 Å². The summed E-state index contributed by atoms with van der Waals surface area (Å²) in [6.07, 6.45) is 0.